The summed E-state index contributed by atoms with van der Waals surface area (Å²) in [7, 11) is 0. The molecule has 1 aliphatic carbocycles. The van der Waals surface area contributed by atoms with Crippen molar-refractivity contribution >= 4 is 52.3 Å². The van der Waals surface area contributed by atoms with Crippen LogP contribution in [0.15, 0.2) is 53.5 Å². The van der Waals surface area contributed by atoms with Crippen molar-refractivity contribution in [2.45, 2.75) is 12.8 Å². The Morgan fingerprint density at radius 3 is 2.69 bits per heavy atom. The van der Waals surface area contributed by atoms with E-state index in [1.807, 2.05) is 18.2 Å². The Morgan fingerprint density at radius 2 is 1.77 bits per heavy atom. The zero-order chi connectivity index (χ0) is 17.5. The molecule has 0 spiro atoms. The number of benzene rings is 2. The minimum Gasteiger partial charge on any atom is -0.456 e. The van der Waals surface area contributed by atoms with E-state index in [0.29, 0.717) is 0 Å². The second-order valence-corrected chi connectivity index (χ2v) is 6.66. The minimum atomic E-state index is 0.928. The first-order valence-corrected chi connectivity index (χ1v) is 8.98. The zero-order valence-corrected chi connectivity index (χ0v) is 14.5. The maximum Gasteiger partial charge on any atom is 0.135 e. The van der Waals surface area contributed by atoms with E-state index in [0.717, 1.165) is 46.0 Å². The summed E-state index contributed by atoms with van der Waals surface area (Å²) >= 11 is 0. The molecule has 1 aliphatic rings. The lowest BCUT2D eigenvalue weighted by atomic mass is 10.1. The highest BCUT2D eigenvalue weighted by molar-refractivity contribution is 6.05. The first-order chi connectivity index (χ1) is 12.8. The van der Waals surface area contributed by atoms with Crippen LogP contribution >= 0.6 is 0 Å². The molecule has 0 bridgehead atoms. The summed E-state index contributed by atoms with van der Waals surface area (Å²) in [6.45, 7) is 3.95. The number of hydrogen-bond acceptors (Lipinski definition) is 1. The molecule has 126 valence electrons. The normalized spacial score (nSPS) is 13.7. The van der Waals surface area contributed by atoms with Crippen LogP contribution in [0, 0.1) is 0 Å². The molecule has 0 radical (unpaired) electrons. The van der Waals surface area contributed by atoms with Gasteiger partial charge < -0.3 is 9.40 Å². The van der Waals surface area contributed by atoms with Gasteiger partial charge in [0.15, 0.2) is 0 Å². The number of aromatic amines is 1. The number of hydrogen-bond donors (Lipinski definition) is 1. The predicted octanol–water partition coefficient (Wildman–Crippen LogP) is 5.08. The van der Waals surface area contributed by atoms with Crippen molar-refractivity contribution in [2.24, 2.45) is 0 Å². The van der Waals surface area contributed by atoms with Gasteiger partial charge in [-0.15, -0.1) is 0 Å². The Hall–Kier alpha value is -3.26. The number of para-hydroxylation sites is 1. The monoisotopic (exact) mass is 337 g/mol. The van der Waals surface area contributed by atoms with Crippen LogP contribution in [0.3, 0.4) is 0 Å². The van der Waals surface area contributed by atoms with Crippen molar-refractivity contribution in [1.82, 2.24) is 4.98 Å². The van der Waals surface area contributed by atoms with E-state index in [-0.39, 0.29) is 0 Å². The standard InChI is InChI=1S/C24H19NO/c1-2-21-18(17-7-3-5-9-22(17)25-21)13-11-16-12-14-24-20(15-16)19-8-4-6-10-23(19)26-24/h2,4,6-15,25H,1,3,5H2. The van der Waals surface area contributed by atoms with Crippen molar-refractivity contribution in [3.05, 3.63) is 76.4 Å². The lowest BCUT2D eigenvalue weighted by molar-refractivity contribution is 0.669. The van der Waals surface area contributed by atoms with Crippen LogP contribution in [0.2, 0.25) is 0 Å². The van der Waals surface area contributed by atoms with Crippen LogP contribution in [-0.2, 0) is 0 Å². The smallest absolute Gasteiger partial charge is 0.135 e. The van der Waals surface area contributed by atoms with E-state index >= 15 is 0 Å². The van der Waals surface area contributed by atoms with E-state index in [1.165, 1.54) is 16.1 Å². The molecule has 2 heterocycles. The van der Waals surface area contributed by atoms with Crippen LogP contribution in [0.5, 0.6) is 0 Å². The summed E-state index contributed by atoms with van der Waals surface area (Å²) in [5.74, 6) is 0. The van der Waals surface area contributed by atoms with Crippen molar-refractivity contribution in [1.29, 1.82) is 0 Å². The van der Waals surface area contributed by atoms with Crippen LogP contribution < -0.4 is 10.6 Å². The molecule has 2 nitrogen and oxygen atoms in total. The Bertz CT molecular complexity index is 1300. The third-order valence-electron chi connectivity index (χ3n) is 5.05. The Labute approximate surface area is 151 Å². The Morgan fingerprint density at radius 1 is 0.923 bits per heavy atom. The average molecular weight is 337 g/mol. The first-order valence-electron chi connectivity index (χ1n) is 8.98. The van der Waals surface area contributed by atoms with Gasteiger partial charge in [-0.3, -0.25) is 0 Å². The quantitative estimate of drug-likeness (QED) is 0.555. The molecule has 0 atom stereocenters. The number of furan rings is 1. The summed E-state index contributed by atoms with van der Waals surface area (Å²) in [6, 6.07) is 14.5. The van der Waals surface area contributed by atoms with Gasteiger partial charge in [-0.2, -0.15) is 0 Å². The van der Waals surface area contributed by atoms with Gasteiger partial charge in [0, 0.05) is 32.6 Å². The molecule has 2 aromatic carbocycles. The summed E-state index contributed by atoms with van der Waals surface area (Å²) in [4.78, 5) is 3.47. The first kappa shape index (κ1) is 15.0. The topological polar surface area (TPSA) is 28.9 Å². The molecule has 26 heavy (non-hydrogen) atoms. The van der Waals surface area contributed by atoms with Crippen LogP contribution in [0.25, 0.3) is 52.3 Å². The SMILES string of the molecule is C=Cc1[nH]c2c(c1C=Cc1ccc3oc4ccccc4c3c1)=CCCC=2. The van der Waals surface area contributed by atoms with Crippen molar-refractivity contribution < 1.29 is 4.42 Å². The number of rotatable bonds is 3. The fourth-order valence-electron chi connectivity index (χ4n) is 3.77. The summed E-state index contributed by atoms with van der Waals surface area (Å²) < 4.78 is 5.92. The highest BCUT2D eigenvalue weighted by Crippen LogP contribution is 2.29. The molecule has 4 aromatic rings. The fraction of sp³-hybridized carbons (Fsp3) is 0.0833. The second-order valence-electron chi connectivity index (χ2n) is 6.66. The van der Waals surface area contributed by atoms with E-state index in [1.54, 1.807) is 0 Å². The number of fused-ring (bicyclic) bond motifs is 4. The lowest BCUT2D eigenvalue weighted by Gasteiger charge is -1.97. The molecular formula is C24H19NO. The van der Waals surface area contributed by atoms with Crippen molar-refractivity contribution in [2.75, 3.05) is 0 Å². The second kappa shape index (κ2) is 5.92. The Balaban J connectivity index is 1.63. The van der Waals surface area contributed by atoms with Crippen molar-refractivity contribution in [3.8, 4) is 0 Å². The molecule has 0 unspecified atom stereocenters. The third-order valence-corrected chi connectivity index (χ3v) is 5.05. The maximum atomic E-state index is 5.92. The van der Waals surface area contributed by atoms with Gasteiger partial charge in [0.1, 0.15) is 11.2 Å². The highest BCUT2D eigenvalue weighted by atomic mass is 16.3. The zero-order valence-electron chi connectivity index (χ0n) is 14.5. The van der Waals surface area contributed by atoms with Crippen LogP contribution in [0.4, 0.5) is 0 Å². The van der Waals surface area contributed by atoms with Gasteiger partial charge in [-0.25, -0.2) is 0 Å². The molecule has 0 aliphatic heterocycles. The molecular weight excluding hydrogens is 318 g/mol. The maximum absolute atomic E-state index is 5.92. The predicted molar refractivity (Wildman–Crippen MR) is 111 cm³/mol. The third kappa shape index (κ3) is 2.34. The van der Waals surface area contributed by atoms with Gasteiger partial charge in [0.25, 0.3) is 0 Å². The van der Waals surface area contributed by atoms with Crippen LogP contribution in [0.1, 0.15) is 29.7 Å². The molecule has 2 heteroatoms. The summed E-state index contributed by atoms with van der Waals surface area (Å²) in [5.41, 5.74) is 5.31. The number of H-pyrrole nitrogens is 1. The summed E-state index contributed by atoms with van der Waals surface area (Å²) in [6.07, 6.45) is 13.0. The molecule has 0 saturated carbocycles. The van der Waals surface area contributed by atoms with E-state index in [2.05, 4.69) is 66.2 Å². The summed E-state index contributed by atoms with van der Waals surface area (Å²) in [5, 5.41) is 4.81. The minimum absolute atomic E-state index is 0.928. The van der Waals surface area contributed by atoms with Gasteiger partial charge >= 0.3 is 0 Å². The van der Waals surface area contributed by atoms with E-state index < -0.39 is 0 Å². The largest absolute Gasteiger partial charge is 0.456 e. The molecule has 1 N–H and O–H groups in total. The average Bonchev–Trinajstić information content (AvgIpc) is 3.24. The van der Waals surface area contributed by atoms with Gasteiger partial charge in [0.05, 0.1) is 0 Å². The molecule has 0 fully saturated rings. The number of aromatic nitrogens is 1. The van der Waals surface area contributed by atoms with E-state index in [9.17, 15) is 0 Å². The van der Waals surface area contributed by atoms with E-state index in [4.69, 9.17) is 4.42 Å². The van der Waals surface area contributed by atoms with Gasteiger partial charge in [0.2, 0.25) is 0 Å². The van der Waals surface area contributed by atoms with Crippen LogP contribution in [-0.4, -0.2) is 4.98 Å². The van der Waals surface area contributed by atoms with Gasteiger partial charge in [-0.05, 0) is 42.7 Å². The fourth-order valence-corrected chi connectivity index (χ4v) is 3.77. The highest BCUT2D eigenvalue weighted by Gasteiger charge is 2.07. The lowest BCUT2D eigenvalue weighted by Crippen LogP contribution is -2.25. The Kier molecular flexibility index (Phi) is 3.42. The van der Waals surface area contributed by atoms with Crippen molar-refractivity contribution in [3.63, 3.8) is 0 Å². The molecule has 2 aromatic heterocycles. The molecule has 5 rings (SSSR count). The number of nitrogens with one attached hydrogen (secondary N) is 1. The van der Waals surface area contributed by atoms with Gasteiger partial charge in [-0.1, -0.05) is 55.1 Å². The molecule has 0 amide bonds. The molecule has 0 saturated heterocycles.